The van der Waals surface area contributed by atoms with Gasteiger partial charge in [-0.05, 0) is 42.0 Å². The minimum absolute atomic E-state index is 0.0354. The summed E-state index contributed by atoms with van der Waals surface area (Å²) in [5, 5.41) is 31.7. The van der Waals surface area contributed by atoms with Crippen molar-refractivity contribution in [1.82, 2.24) is 4.98 Å². The van der Waals surface area contributed by atoms with Gasteiger partial charge in [0.25, 0.3) is 0 Å². The first-order valence-electron chi connectivity index (χ1n) is 9.40. The van der Waals surface area contributed by atoms with E-state index in [9.17, 15) is 10.2 Å². The van der Waals surface area contributed by atoms with Gasteiger partial charge in [-0.25, -0.2) is 4.98 Å². The van der Waals surface area contributed by atoms with E-state index in [2.05, 4.69) is 10.3 Å². The number of fused-ring (bicyclic) bond motifs is 1. The minimum Gasteiger partial charge on any atom is -0.504 e. The molecule has 2 heterocycles. The van der Waals surface area contributed by atoms with E-state index in [-0.39, 0.29) is 25.7 Å². The number of nitrogens with zero attached hydrogens (tertiary/aromatic N) is 1. The quantitative estimate of drug-likeness (QED) is 0.470. The average Bonchev–Trinajstić information content (AvgIpc) is 3.26. The van der Waals surface area contributed by atoms with Crippen LogP contribution >= 0.6 is 0 Å². The molecule has 0 fully saturated rings. The number of pyridine rings is 1. The van der Waals surface area contributed by atoms with Crippen molar-refractivity contribution in [3.8, 4) is 45.4 Å². The molecule has 30 heavy (non-hydrogen) atoms. The Bertz CT molecular complexity index is 1060. The molecule has 0 saturated heterocycles. The molecule has 4 N–H and O–H groups in total. The Morgan fingerprint density at radius 2 is 2.00 bits per heavy atom. The number of phenolic OH excluding ortho intramolecular Hbond substituents is 1. The Labute approximate surface area is 173 Å². The molecular weight excluding hydrogens is 388 g/mol. The molecule has 1 unspecified atom stereocenters. The van der Waals surface area contributed by atoms with Crippen LogP contribution in [0.3, 0.4) is 0 Å². The molecule has 0 aliphatic carbocycles. The van der Waals surface area contributed by atoms with Crippen LogP contribution in [0, 0.1) is 0 Å². The number of nitrogens with one attached hydrogen (secondary N) is 1. The Hall–Kier alpha value is -3.49. The summed E-state index contributed by atoms with van der Waals surface area (Å²) in [5.41, 5.74) is 3.03. The van der Waals surface area contributed by atoms with Crippen LogP contribution in [0.5, 0.6) is 23.0 Å². The Balaban J connectivity index is 1.80. The summed E-state index contributed by atoms with van der Waals surface area (Å²) in [6, 6.07) is 14.4. The maximum atomic E-state index is 9.91. The van der Waals surface area contributed by atoms with Gasteiger partial charge in [-0.2, -0.15) is 0 Å². The smallest absolute Gasteiger partial charge is 0.231 e. The second-order valence-corrected chi connectivity index (χ2v) is 6.77. The van der Waals surface area contributed by atoms with Crippen molar-refractivity contribution in [1.29, 1.82) is 0 Å². The van der Waals surface area contributed by atoms with Gasteiger partial charge >= 0.3 is 0 Å². The zero-order valence-electron chi connectivity index (χ0n) is 16.3. The highest BCUT2D eigenvalue weighted by Gasteiger charge is 2.20. The van der Waals surface area contributed by atoms with Crippen LogP contribution in [-0.4, -0.2) is 53.5 Å². The fourth-order valence-electron chi connectivity index (χ4n) is 3.21. The number of anilines is 1. The number of methoxy groups -OCH3 is 1. The number of para-hydroxylation sites is 1. The number of aromatic hydroxyl groups is 1. The number of aromatic nitrogens is 1. The van der Waals surface area contributed by atoms with Gasteiger partial charge in [0.15, 0.2) is 23.0 Å². The fraction of sp³-hybridized carbons (Fsp3) is 0.227. The summed E-state index contributed by atoms with van der Waals surface area (Å²) in [6.45, 7) is -0.0584. The monoisotopic (exact) mass is 410 g/mol. The number of rotatable bonds is 7. The van der Waals surface area contributed by atoms with E-state index in [1.165, 1.54) is 7.11 Å². The first kappa shape index (κ1) is 19.8. The molecule has 4 rings (SSSR count). The second-order valence-electron chi connectivity index (χ2n) is 6.77. The van der Waals surface area contributed by atoms with Gasteiger partial charge in [0, 0.05) is 17.7 Å². The third-order valence-electron chi connectivity index (χ3n) is 4.74. The summed E-state index contributed by atoms with van der Waals surface area (Å²) in [4.78, 5) is 4.62. The van der Waals surface area contributed by atoms with Crippen molar-refractivity contribution < 1.29 is 29.5 Å². The lowest BCUT2D eigenvalue weighted by Gasteiger charge is -2.14. The first-order chi connectivity index (χ1) is 14.6. The maximum absolute atomic E-state index is 9.91. The summed E-state index contributed by atoms with van der Waals surface area (Å²) < 4.78 is 16.3. The highest BCUT2D eigenvalue weighted by molar-refractivity contribution is 5.80. The highest BCUT2D eigenvalue weighted by Crippen LogP contribution is 2.42. The molecule has 0 radical (unpaired) electrons. The van der Waals surface area contributed by atoms with E-state index in [1.54, 1.807) is 18.2 Å². The van der Waals surface area contributed by atoms with Crippen molar-refractivity contribution >= 4 is 5.82 Å². The molecule has 3 aromatic rings. The standard InChI is InChI=1S/C22H22N2O6/c1-28-20-8-13(5-6-18(20)27)17-7-14(9-21(24-17)23-10-15(26)11-25)16-3-2-4-19-22(16)30-12-29-19/h2-9,15,25-27H,10-12H2,1H3,(H,23,24). The Kier molecular flexibility index (Phi) is 5.60. The molecule has 1 aromatic heterocycles. The Morgan fingerprint density at radius 3 is 2.80 bits per heavy atom. The number of ether oxygens (including phenoxy) is 3. The molecule has 2 aromatic carbocycles. The van der Waals surface area contributed by atoms with E-state index in [0.717, 1.165) is 16.7 Å². The molecule has 156 valence electrons. The Morgan fingerprint density at radius 1 is 1.13 bits per heavy atom. The predicted molar refractivity (Wildman–Crippen MR) is 111 cm³/mol. The maximum Gasteiger partial charge on any atom is 0.231 e. The number of hydrogen-bond donors (Lipinski definition) is 4. The number of aliphatic hydroxyl groups is 2. The molecule has 1 aliphatic heterocycles. The lowest BCUT2D eigenvalue weighted by molar-refractivity contribution is 0.105. The largest absolute Gasteiger partial charge is 0.504 e. The third-order valence-corrected chi connectivity index (χ3v) is 4.74. The normalized spacial score (nSPS) is 13.2. The molecule has 0 spiro atoms. The molecule has 0 amide bonds. The van der Waals surface area contributed by atoms with Gasteiger partial charge < -0.3 is 34.8 Å². The molecule has 0 bridgehead atoms. The zero-order valence-corrected chi connectivity index (χ0v) is 16.3. The number of hydrogen-bond acceptors (Lipinski definition) is 8. The second kappa shape index (κ2) is 8.48. The van der Waals surface area contributed by atoms with Crippen LogP contribution in [0.15, 0.2) is 48.5 Å². The fourth-order valence-corrected chi connectivity index (χ4v) is 3.21. The van der Waals surface area contributed by atoms with E-state index in [4.69, 9.17) is 19.3 Å². The van der Waals surface area contributed by atoms with Crippen molar-refractivity contribution in [3.63, 3.8) is 0 Å². The van der Waals surface area contributed by atoms with Gasteiger partial charge in [-0.15, -0.1) is 0 Å². The highest BCUT2D eigenvalue weighted by atomic mass is 16.7. The molecule has 8 nitrogen and oxygen atoms in total. The summed E-state index contributed by atoms with van der Waals surface area (Å²) in [6.07, 6.45) is -0.912. The predicted octanol–water partition coefficient (Wildman–Crippen LogP) is 2.62. The molecule has 0 saturated carbocycles. The van der Waals surface area contributed by atoms with E-state index in [0.29, 0.717) is 28.8 Å². The van der Waals surface area contributed by atoms with Crippen LogP contribution < -0.4 is 19.5 Å². The SMILES string of the molecule is COc1cc(-c2cc(-c3cccc4c3OCO4)cc(NCC(O)CO)n2)ccc1O. The van der Waals surface area contributed by atoms with E-state index >= 15 is 0 Å². The van der Waals surface area contributed by atoms with Crippen molar-refractivity contribution in [2.75, 3.05) is 32.4 Å². The van der Waals surface area contributed by atoms with Gasteiger partial charge in [-0.1, -0.05) is 12.1 Å². The van der Waals surface area contributed by atoms with Gasteiger partial charge in [0.2, 0.25) is 6.79 Å². The summed E-state index contributed by atoms with van der Waals surface area (Å²) in [7, 11) is 1.48. The number of benzene rings is 2. The first-order valence-corrected chi connectivity index (χ1v) is 9.40. The molecular formula is C22H22N2O6. The minimum atomic E-state index is -0.912. The van der Waals surface area contributed by atoms with Crippen LogP contribution in [-0.2, 0) is 0 Å². The van der Waals surface area contributed by atoms with Crippen LogP contribution in [0.2, 0.25) is 0 Å². The summed E-state index contributed by atoms with van der Waals surface area (Å²) in [5.74, 6) is 2.20. The van der Waals surface area contributed by atoms with Crippen LogP contribution in [0.1, 0.15) is 0 Å². The van der Waals surface area contributed by atoms with E-state index in [1.807, 2.05) is 30.3 Å². The third kappa shape index (κ3) is 3.96. The van der Waals surface area contributed by atoms with Gasteiger partial charge in [0.1, 0.15) is 5.82 Å². The molecule has 8 heteroatoms. The van der Waals surface area contributed by atoms with Crippen molar-refractivity contribution in [2.45, 2.75) is 6.10 Å². The molecule has 1 atom stereocenters. The van der Waals surface area contributed by atoms with E-state index < -0.39 is 6.10 Å². The zero-order chi connectivity index (χ0) is 21.1. The lowest BCUT2D eigenvalue weighted by Crippen LogP contribution is -2.23. The summed E-state index contributed by atoms with van der Waals surface area (Å²) >= 11 is 0. The number of aliphatic hydroxyl groups excluding tert-OH is 2. The van der Waals surface area contributed by atoms with Crippen LogP contribution in [0.25, 0.3) is 22.4 Å². The van der Waals surface area contributed by atoms with Crippen molar-refractivity contribution in [3.05, 3.63) is 48.5 Å². The van der Waals surface area contributed by atoms with Gasteiger partial charge in [0.05, 0.1) is 25.5 Å². The van der Waals surface area contributed by atoms with Gasteiger partial charge in [-0.3, -0.25) is 0 Å². The topological polar surface area (TPSA) is 113 Å². The number of phenols is 1. The lowest BCUT2D eigenvalue weighted by atomic mass is 10.0. The van der Waals surface area contributed by atoms with Crippen LogP contribution in [0.4, 0.5) is 5.82 Å². The average molecular weight is 410 g/mol. The molecule has 1 aliphatic rings. The van der Waals surface area contributed by atoms with Crippen molar-refractivity contribution in [2.24, 2.45) is 0 Å².